The van der Waals surface area contributed by atoms with Crippen LogP contribution in [0.25, 0.3) is 0 Å². The van der Waals surface area contributed by atoms with Gasteiger partial charge in [0.2, 0.25) is 11.9 Å². The SMILES string of the molecule is O=C1N[C@H](CC(=O)N2CCc3c(nc(N4CCCC4)[nH]c3=O)C2)c2ccccc21. The molecule has 1 fully saturated rings. The number of H-pyrrole nitrogens is 1. The van der Waals surface area contributed by atoms with Crippen molar-refractivity contribution < 1.29 is 9.59 Å². The first-order valence-corrected chi connectivity index (χ1v) is 10.1. The zero-order valence-corrected chi connectivity index (χ0v) is 16.1. The van der Waals surface area contributed by atoms with Gasteiger partial charge < -0.3 is 15.1 Å². The Morgan fingerprint density at radius 1 is 1.14 bits per heavy atom. The molecule has 1 atom stereocenters. The number of hydrogen-bond acceptors (Lipinski definition) is 5. The van der Waals surface area contributed by atoms with Crippen LogP contribution in [0.1, 0.15) is 52.5 Å². The molecule has 2 aromatic rings. The molecule has 0 radical (unpaired) electrons. The largest absolute Gasteiger partial charge is 0.345 e. The summed E-state index contributed by atoms with van der Waals surface area (Å²) >= 11 is 0. The number of amides is 2. The van der Waals surface area contributed by atoms with Gasteiger partial charge in [-0.05, 0) is 30.9 Å². The van der Waals surface area contributed by atoms with Crippen LogP contribution >= 0.6 is 0 Å². The third-order valence-electron chi connectivity index (χ3n) is 6.08. The first kappa shape index (κ1) is 17.9. The normalized spacial score (nSPS) is 20.4. The Kier molecular flexibility index (Phi) is 4.34. The molecule has 8 nitrogen and oxygen atoms in total. The minimum absolute atomic E-state index is 0.0394. The van der Waals surface area contributed by atoms with Crippen LogP contribution in [0.15, 0.2) is 29.1 Å². The second kappa shape index (κ2) is 7.02. The van der Waals surface area contributed by atoms with Gasteiger partial charge in [0.05, 0.1) is 24.7 Å². The summed E-state index contributed by atoms with van der Waals surface area (Å²) in [5.41, 5.74) is 2.77. The number of aromatic amines is 1. The first-order chi connectivity index (χ1) is 14.1. The molecule has 0 saturated carbocycles. The second-order valence-corrected chi connectivity index (χ2v) is 7.89. The molecule has 3 aliphatic rings. The van der Waals surface area contributed by atoms with Gasteiger partial charge in [0.15, 0.2) is 0 Å². The molecular weight excluding hydrogens is 370 g/mol. The summed E-state index contributed by atoms with van der Waals surface area (Å²) < 4.78 is 0. The number of nitrogens with one attached hydrogen (secondary N) is 2. The lowest BCUT2D eigenvalue weighted by atomic mass is 10.0. The summed E-state index contributed by atoms with van der Waals surface area (Å²) in [4.78, 5) is 49.0. The third-order valence-corrected chi connectivity index (χ3v) is 6.08. The predicted molar refractivity (Wildman–Crippen MR) is 107 cm³/mol. The van der Waals surface area contributed by atoms with Gasteiger partial charge in [0.25, 0.3) is 11.5 Å². The second-order valence-electron chi connectivity index (χ2n) is 7.89. The van der Waals surface area contributed by atoms with Crippen LogP contribution in [0, 0.1) is 0 Å². The summed E-state index contributed by atoms with van der Waals surface area (Å²) in [6.07, 6.45) is 2.90. The molecule has 0 spiro atoms. The maximum Gasteiger partial charge on any atom is 0.255 e. The number of aromatic nitrogens is 2. The number of rotatable bonds is 3. The van der Waals surface area contributed by atoms with E-state index >= 15 is 0 Å². The number of fused-ring (bicyclic) bond motifs is 2. The average Bonchev–Trinajstić information content (AvgIpc) is 3.37. The molecule has 4 heterocycles. The van der Waals surface area contributed by atoms with Gasteiger partial charge in [-0.2, -0.15) is 0 Å². The van der Waals surface area contributed by atoms with Crippen LogP contribution in [0.5, 0.6) is 0 Å². The Hall–Kier alpha value is -3.16. The summed E-state index contributed by atoms with van der Waals surface area (Å²) in [6.45, 7) is 2.61. The molecule has 8 heteroatoms. The van der Waals surface area contributed by atoms with E-state index in [4.69, 9.17) is 0 Å². The van der Waals surface area contributed by atoms with Crippen molar-refractivity contribution in [3.8, 4) is 0 Å². The summed E-state index contributed by atoms with van der Waals surface area (Å²) in [5, 5.41) is 2.90. The highest BCUT2D eigenvalue weighted by Crippen LogP contribution is 2.29. The minimum Gasteiger partial charge on any atom is -0.345 e. The molecule has 1 aromatic carbocycles. The lowest BCUT2D eigenvalue weighted by Crippen LogP contribution is -2.41. The quantitative estimate of drug-likeness (QED) is 0.815. The maximum absolute atomic E-state index is 13.0. The summed E-state index contributed by atoms with van der Waals surface area (Å²) in [7, 11) is 0. The van der Waals surface area contributed by atoms with Crippen LogP contribution in [-0.4, -0.2) is 46.3 Å². The molecule has 2 N–H and O–H groups in total. The summed E-state index contributed by atoms with van der Waals surface area (Å²) in [5.74, 6) is 0.436. The monoisotopic (exact) mass is 393 g/mol. The van der Waals surface area contributed by atoms with Gasteiger partial charge in [-0.3, -0.25) is 19.4 Å². The Bertz CT molecular complexity index is 1040. The van der Waals surface area contributed by atoms with Crippen molar-refractivity contribution in [1.82, 2.24) is 20.2 Å². The fourth-order valence-electron chi connectivity index (χ4n) is 4.50. The van der Waals surface area contributed by atoms with E-state index in [2.05, 4.69) is 20.2 Å². The van der Waals surface area contributed by atoms with Gasteiger partial charge >= 0.3 is 0 Å². The number of anilines is 1. The number of benzene rings is 1. The molecule has 3 aliphatic heterocycles. The van der Waals surface area contributed by atoms with Crippen molar-refractivity contribution in [2.24, 2.45) is 0 Å². The van der Waals surface area contributed by atoms with Crippen LogP contribution < -0.4 is 15.8 Å². The van der Waals surface area contributed by atoms with E-state index in [1.54, 1.807) is 11.0 Å². The molecule has 5 rings (SSSR count). The molecule has 2 amide bonds. The van der Waals surface area contributed by atoms with Crippen LogP contribution in [0.4, 0.5) is 5.95 Å². The van der Waals surface area contributed by atoms with Crippen molar-refractivity contribution >= 4 is 17.8 Å². The highest BCUT2D eigenvalue weighted by molar-refractivity contribution is 5.99. The highest BCUT2D eigenvalue weighted by Gasteiger charge is 2.32. The van der Waals surface area contributed by atoms with Crippen molar-refractivity contribution in [2.75, 3.05) is 24.5 Å². The Morgan fingerprint density at radius 2 is 1.93 bits per heavy atom. The van der Waals surface area contributed by atoms with E-state index in [-0.39, 0.29) is 29.8 Å². The van der Waals surface area contributed by atoms with Crippen molar-refractivity contribution in [1.29, 1.82) is 0 Å². The molecule has 1 saturated heterocycles. The first-order valence-electron chi connectivity index (χ1n) is 10.1. The average molecular weight is 393 g/mol. The third kappa shape index (κ3) is 3.18. The van der Waals surface area contributed by atoms with E-state index in [9.17, 15) is 14.4 Å². The van der Waals surface area contributed by atoms with E-state index < -0.39 is 0 Å². The van der Waals surface area contributed by atoms with Gasteiger partial charge in [-0.15, -0.1) is 0 Å². The minimum atomic E-state index is -0.306. The lowest BCUT2D eigenvalue weighted by Gasteiger charge is -2.29. The number of carbonyl (C=O) groups excluding carboxylic acids is 2. The zero-order chi connectivity index (χ0) is 20.0. The van der Waals surface area contributed by atoms with Crippen molar-refractivity contribution in [3.63, 3.8) is 0 Å². The smallest absolute Gasteiger partial charge is 0.255 e. The molecule has 0 aliphatic carbocycles. The van der Waals surface area contributed by atoms with E-state index in [0.29, 0.717) is 42.3 Å². The Labute approximate surface area is 167 Å². The molecule has 0 unspecified atom stereocenters. The summed E-state index contributed by atoms with van der Waals surface area (Å²) in [6, 6.07) is 7.07. The Morgan fingerprint density at radius 3 is 2.76 bits per heavy atom. The van der Waals surface area contributed by atoms with E-state index in [1.807, 2.05) is 18.2 Å². The maximum atomic E-state index is 13.0. The molecule has 150 valence electrons. The number of hydrogen-bond donors (Lipinski definition) is 2. The van der Waals surface area contributed by atoms with Gasteiger partial charge in [0.1, 0.15) is 0 Å². The van der Waals surface area contributed by atoms with E-state index in [1.165, 1.54) is 0 Å². The number of nitrogens with zero attached hydrogens (tertiary/aromatic N) is 3. The fraction of sp³-hybridized carbons (Fsp3) is 0.429. The zero-order valence-electron chi connectivity index (χ0n) is 16.1. The Balaban J connectivity index is 1.33. The molecule has 1 aromatic heterocycles. The topological polar surface area (TPSA) is 98.4 Å². The molecule has 29 heavy (non-hydrogen) atoms. The van der Waals surface area contributed by atoms with Gasteiger partial charge in [-0.1, -0.05) is 18.2 Å². The van der Waals surface area contributed by atoms with Gasteiger partial charge in [0, 0.05) is 30.8 Å². The van der Waals surface area contributed by atoms with Gasteiger partial charge in [-0.25, -0.2) is 4.98 Å². The van der Waals surface area contributed by atoms with Crippen LogP contribution in [0.2, 0.25) is 0 Å². The molecule has 0 bridgehead atoms. The lowest BCUT2D eigenvalue weighted by molar-refractivity contribution is -0.132. The van der Waals surface area contributed by atoms with Crippen LogP contribution in [-0.2, 0) is 17.8 Å². The van der Waals surface area contributed by atoms with E-state index in [0.717, 1.165) is 31.5 Å². The van der Waals surface area contributed by atoms with Crippen molar-refractivity contribution in [3.05, 3.63) is 57.0 Å². The van der Waals surface area contributed by atoms with Crippen molar-refractivity contribution in [2.45, 2.75) is 38.3 Å². The molecular formula is C21H23N5O3. The predicted octanol–water partition coefficient (Wildman–Crippen LogP) is 1.13. The van der Waals surface area contributed by atoms with Crippen LogP contribution in [0.3, 0.4) is 0 Å². The standard InChI is InChI=1S/C21H23N5O3/c27-18(11-16-13-5-1-2-6-14(13)19(28)22-16)26-10-7-15-17(12-26)23-21(24-20(15)29)25-8-3-4-9-25/h1-2,5-6,16H,3-4,7-12H2,(H,22,28)(H,23,24,29)/t16-/m1/s1. The number of carbonyl (C=O) groups is 2. The fourth-order valence-corrected chi connectivity index (χ4v) is 4.50. The highest BCUT2D eigenvalue weighted by atomic mass is 16.2.